The smallest absolute Gasteiger partial charge is 0.150 e. The Balaban J connectivity index is 2.26. The van der Waals surface area contributed by atoms with E-state index in [0.29, 0.717) is 12.8 Å². The van der Waals surface area contributed by atoms with Crippen molar-refractivity contribution in [1.29, 1.82) is 0 Å². The normalized spacial score (nSPS) is 25.0. The van der Waals surface area contributed by atoms with Crippen LogP contribution < -0.4 is 0 Å². The van der Waals surface area contributed by atoms with Gasteiger partial charge in [0.25, 0.3) is 0 Å². The van der Waals surface area contributed by atoms with E-state index < -0.39 is 9.84 Å². The minimum absolute atomic E-state index is 0.166. The molecule has 0 N–H and O–H groups in total. The molecule has 0 spiro atoms. The molecule has 1 saturated carbocycles. The van der Waals surface area contributed by atoms with Gasteiger partial charge in [-0.1, -0.05) is 20.3 Å². The highest BCUT2D eigenvalue weighted by Crippen LogP contribution is 2.31. The third-order valence-corrected chi connectivity index (χ3v) is 5.99. The summed E-state index contributed by atoms with van der Waals surface area (Å²) < 4.78 is 22.7. The lowest BCUT2D eigenvalue weighted by molar-refractivity contribution is -0.124. The zero-order chi connectivity index (χ0) is 13.6. The maximum Gasteiger partial charge on any atom is 0.150 e. The Labute approximate surface area is 111 Å². The third-order valence-electron chi connectivity index (χ3n) is 4.20. The van der Waals surface area contributed by atoms with E-state index in [-0.39, 0.29) is 23.2 Å². The summed E-state index contributed by atoms with van der Waals surface area (Å²) in [5.74, 6) is 1.64. The van der Waals surface area contributed by atoms with Crippen molar-refractivity contribution in [2.45, 2.75) is 58.8 Å². The number of carbonyl (C=O) groups excluding carboxylic acids is 1. The van der Waals surface area contributed by atoms with Crippen molar-refractivity contribution in [3.8, 4) is 0 Å². The molecule has 0 aromatic carbocycles. The zero-order valence-corrected chi connectivity index (χ0v) is 12.5. The lowest BCUT2D eigenvalue weighted by Crippen LogP contribution is -2.22. The van der Waals surface area contributed by atoms with Gasteiger partial charge in [0.2, 0.25) is 0 Å². The van der Waals surface area contributed by atoms with Gasteiger partial charge in [-0.3, -0.25) is 4.79 Å². The van der Waals surface area contributed by atoms with Crippen molar-refractivity contribution in [2.24, 2.45) is 11.8 Å². The summed E-state index contributed by atoms with van der Waals surface area (Å²) in [6.45, 7) is 3.87. The fraction of sp³-hybridized carbons (Fsp3) is 0.929. The summed E-state index contributed by atoms with van der Waals surface area (Å²) >= 11 is 0. The molecule has 4 heteroatoms. The largest absolute Gasteiger partial charge is 0.299 e. The minimum Gasteiger partial charge on any atom is -0.299 e. The first kappa shape index (κ1) is 15.7. The molecule has 1 aliphatic rings. The molecule has 0 unspecified atom stereocenters. The van der Waals surface area contributed by atoms with E-state index in [1.165, 1.54) is 19.3 Å². The van der Waals surface area contributed by atoms with Gasteiger partial charge in [0.05, 0.1) is 5.75 Å². The van der Waals surface area contributed by atoms with Gasteiger partial charge in [0.1, 0.15) is 15.6 Å². The molecule has 0 aliphatic heterocycles. The topological polar surface area (TPSA) is 51.2 Å². The van der Waals surface area contributed by atoms with Crippen molar-refractivity contribution in [3.05, 3.63) is 0 Å². The van der Waals surface area contributed by atoms with Gasteiger partial charge < -0.3 is 0 Å². The molecule has 0 amide bonds. The van der Waals surface area contributed by atoms with Crippen LogP contribution in [-0.2, 0) is 14.6 Å². The monoisotopic (exact) mass is 274 g/mol. The number of rotatable bonds is 7. The van der Waals surface area contributed by atoms with E-state index in [9.17, 15) is 13.2 Å². The highest BCUT2D eigenvalue weighted by Gasteiger charge is 2.25. The molecule has 106 valence electrons. The number of sulfone groups is 1. The second kappa shape index (κ2) is 7.27. The van der Waals surface area contributed by atoms with E-state index >= 15 is 0 Å². The maximum atomic E-state index is 12.0. The fourth-order valence-corrected chi connectivity index (χ4v) is 3.58. The standard InChI is InChI=1S/C14H26O3S/c1-3-12-7-9-13(10-8-12)14(15)6-5-11-18(16,17)4-2/h12-13H,3-11H2,1-2H3. The van der Waals surface area contributed by atoms with Crippen molar-refractivity contribution in [1.82, 2.24) is 0 Å². The Hall–Kier alpha value is -0.380. The lowest BCUT2D eigenvalue weighted by Gasteiger charge is -2.26. The number of Topliss-reactive ketones (excluding diaryl/α,β-unsaturated/α-hetero) is 1. The van der Waals surface area contributed by atoms with Gasteiger partial charge in [-0.05, 0) is 38.0 Å². The first-order valence-electron chi connectivity index (χ1n) is 7.21. The third kappa shape index (κ3) is 5.09. The highest BCUT2D eigenvalue weighted by molar-refractivity contribution is 7.91. The molecule has 18 heavy (non-hydrogen) atoms. The molecule has 0 aromatic rings. The summed E-state index contributed by atoms with van der Waals surface area (Å²) in [6, 6.07) is 0. The Morgan fingerprint density at radius 1 is 1.11 bits per heavy atom. The Morgan fingerprint density at radius 2 is 1.72 bits per heavy atom. The van der Waals surface area contributed by atoms with Crippen LogP contribution in [0, 0.1) is 11.8 Å². The van der Waals surface area contributed by atoms with Crippen LogP contribution in [0.2, 0.25) is 0 Å². The number of hydrogen-bond donors (Lipinski definition) is 0. The van der Waals surface area contributed by atoms with E-state index in [1.54, 1.807) is 6.92 Å². The van der Waals surface area contributed by atoms with Gasteiger partial charge in [0.15, 0.2) is 0 Å². The first-order valence-corrected chi connectivity index (χ1v) is 9.03. The van der Waals surface area contributed by atoms with Crippen LogP contribution in [0.3, 0.4) is 0 Å². The maximum absolute atomic E-state index is 12.0. The summed E-state index contributed by atoms with van der Waals surface area (Å²) in [7, 11) is -2.91. The van der Waals surface area contributed by atoms with Crippen LogP contribution in [-0.4, -0.2) is 25.7 Å². The number of hydrogen-bond acceptors (Lipinski definition) is 3. The lowest BCUT2D eigenvalue weighted by atomic mass is 9.78. The first-order chi connectivity index (χ1) is 8.48. The van der Waals surface area contributed by atoms with Crippen LogP contribution in [0.25, 0.3) is 0 Å². The van der Waals surface area contributed by atoms with Crippen LogP contribution in [0.15, 0.2) is 0 Å². The minimum atomic E-state index is -2.91. The average molecular weight is 274 g/mol. The van der Waals surface area contributed by atoms with E-state index in [0.717, 1.165) is 18.8 Å². The summed E-state index contributed by atoms with van der Waals surface area (Å²) in [5.41, 5.74) is 0. The Bertz CT molecular complexity index is 351. The SMILES string of the molecule is CCC1CCC(C(=O)CCCS(=O)(=O)CC)CC1. The van der Waals surface area contributed by atoms with E-state index in [1.807, 2.05) is 0 Å². The quantitative estimate of drug-likeness (QED) is 0.717. The highest BCUT2D eigenvalue weighted by atomic mass is 32.2. The second-order valence-electron chi connectivity index (χ2n) is 5.43. The van der Waals surface area contributed by atoms with Crippen LogP contribution in [0.1, 0.15) is 58.8 Å². The Kier molecular flexibility index (Phi) is 6.33. The molecule has 0 radical (unpaired) electrons. The number of carbonyl (C=O) groups is 1. The van der Waals surface area contributed by atoms with E-state index in [4.69, 9.17) is 0 Å². The molecule has 0 atom stereocenters. The molecule has 1 aliphatic carbocycles. The van der Waals surface area contributed by atoms with Crippen LogP contribution >= 0.6 is 0 Å². The molecule has 0 bridgehead atoms. The number of ketones is 1. The molecule has 1 rings (SSSR count). The molecule has 3 nitrogen and oxygen atoms in total. The molecular formula is C14H26O3S. The second-order valence-corrected chi connectivity index (χ2v) is 7.90. The van der Waals surface area contributed by atoms with E-state index in [2.05, 4.69) is 6.92 Å². The predicted molar refractivity (Wildman–Crippen MR) is 74.3 cm³/mol. The summed E-state index contributed by atoms with van der Waals surface area (Å²) in [6.07, 6.45) is 6.52. The summed E-state index contributed by atoms with van der Waals surface area (Å²) in [5, 5.41) is 0. The molecule has 0 heterocycles. The predicted octanol–water partition coefficient (Wildman–Crippen LogP) is 2.99. The van der Waals surface area contributed by atoms with Gasteiger partial charge >= 0.3 is 0 Å². The molecule has 1 fully saturated rings. The molecule has 0 aromatic heterocycles. The van der Waals surface area contributed by atoms with Crippen molar-refractivity contribution in [3.63, 3.8) is 0 Å². The Morgan fingerprint density at radius 3 is 2.22 bits per heavy atom. The van der Waals surface area contributed by atoms with Gasteiger partial charge in [-0.2, -0.15) is 0 Å². The molecular weight excluding hydrogens is 248 g/mol. The van der Waals surface area contributed by atoms with Crippen LogP contribution in [0.5, 0.6) is 0 Å². The zero-order valence-electron chi connectivity index (χ0n) is 11.7. The van der Waals surface area contributed by atoms with Crippen LogP contribution in [0.4, 0.5) is 0 Å². The van der Waals surface area contributed by atoms with Crippen molar-refractivity contribution in [2.75, 3.05) is 11.5 Å². The van der Waals surface area contributed by atoms with Gasteiger partial charge in [0, 0.05) is 18.1 Å². The average Bonchev–Trinajstić information content (AvgIpc) is 2.38. The summed E-state index contributed by atoms with van der Waals surface area (Å²) in [4.78, 5) is 12.0. The van der Waals surface area contributed by atoms with Crippen molar-refractivity contribution >= 4 is 15.6 Å². The van der Waals surface area contributed by atoms with Crippen molar-refractivity contribution < 1.29 is 13.2 Å². The van der Waals surface area contributed by atoms with Gasteiger partial charge in [-0.15, -0.1) is 0 Å². The molecule has 0 saturated heterocycles. The fourth-order valence-electron chi connectivity index (χ4n) is 2.71. The van der Waals surface area contributed by atoms with Gasteiger partial charge in [-0.25, -0.2) is 8.42 Å².